The minimum atomic E-state index is 0.316. The number of hydrogen-bond donors (Lipinski definition) is 0. The van der Waals surface area contributed by atoms with Gasteiger partial charge in [0.15, 0.2) is 10.8 Å². The molecule has 0 atom stereocenters. The molecule has 0 saturated heterocycles. The van der Waals surface area contributed by atoms with Gasteiger partial charge in [0.1, 0.15) is 6.07 Å². The van der Waals surface area contributed by atoms with Crippen LogP contribution < -0.4 is 0 Å². The Balaban J connectivity index is 2.27. The van der Waals surface area contributed by atoms with E-state index >= 15 is 0 Å². The average Bonchev–Trinajstić information content (AvgIpc) is 2.46. The summed E-state index contributed by atoms with van der Waals surface area (Å²) < 4.78 is 0. The Hall–Kier alpha value is -2.51. The van der Waals surface area contributed by atoms with E-state index in [2.05, 4.69) is 21.3 Å². The first kappa shape index (κ1) is 11.6. The topological polar surface area (TPSA) is 62.5 Å². The molecular weight excluding hydrogens is 260 g/mol. The number of rotatable bonds is 1. The largest absolute Gasteiger partial charge is 0.236 e. The van der Waals surface area contributed by atoms with Gasteiger partial charge in [0, 0.05) is 10.9 Å². The number of hydrogen-bond acceptors (Lipinski definition) is 4. The molecule has 0 spiro atoms. The number of nitrogens with zero attached hydrogens (tertiary/aromatic N) is 4. The van der Waals surface area contributed by atoms with E-state index in [-0.39, 0.29) is 0 Å². The van der Waals surface area contributed by atoms with Crippen LogP contribution in [0.15, 0.2) is 42.5 Å². The Bertz CT molecular complexity index is 791. The third-order valence-electron chi connectivity index (χ3n) is 2.74. The molecule has 0 radical (unpaired) electrons. The third-order valence-corrected chi connectivity index (χ3v) is 2.94. The lowest BCUT2D eigenvalue weighted by Crippen LogP contribution is -1.94. The van der Waals surface area contributed by atoms with Gasteiger partial charge in [-0.2, -0.15) is 5.26 Å². The van der Waals surface area contributed by atoms with E-state index in [1.165, 1.54) is 0 Å². The van der Waals surface area contributed by atoms with Gasteiger partial charge in [0.05, 0.1) is 11.2 Å². The smallest absolute Gasteiger partial charge is 0.151 e. The maximum absolute atomic E-state index is 9.21. The van der Waals surface area contributed by atoms with Gasteiger partial charge in [0.25, 0.3) is 0 Å². The standard InChI is InChI=1S/C14H7ClN4/c15-14-6-5-12(18-19-14)10-7-9-3-1-2-4-11(9)17-13(10)8-16/h1-7H. The highest BCUT2D eigenvalue weighted by Crippen LogP contribution is 2.24. The van der Waals surface area contributed by atoms with Crippen molar-refractivity contribution < 1.29 is 0 Å². The van der Waals surface area contributed by atoms with Crippen molar-refractivity contribution in [2.45, 2.75) is 0 Å². The average molecular weight is 267 g/mol. The van der Waals surface area contributed by atoms with Crippen molar-refractivity contribution in [3.05, 3.63) is 53.3 Å². The van der Waals surface area contributed by atoms with Crippen LogP contribution in [0.3, 0.4) is 0 Å². The number of nitriles is 1. The highest BCUT2D eigenvalue weighted by Gasteiger charge is 2.10. The first-order valence-corrected chi connectivity index (χ1v) is 5.95. The molecule has 0 N–H and O–H groups in total. The summed E-state index contributed by atoms with van der Waals surface area (Å²) in [4.78, 5) is 4.33. The fourth-order valence-electron chi connectivity index (χ4n) is 1.86. The maximum Gasteiger partial charge on any atom is 0.151 e. The van der Waals surface area contributed by atoms with Gasteiger partial charge in [-0.15, -0.1) is 10.2 Å². The lowest BCUT2D eigenvalue weighted by molar-refractivity contribution is 1.04. The van der Waals surface area contributed by atoms with Gasteiger partial charge in [-0.05, 0) is 24.3 Å². The van der Waals surface area contributed by atoms with Crippen LogP contribution in [-0.4, -0.2) is 15.2 Å². The molecule has 0 amide bonds. The van der Waals surface area contributed by atoms with E-state index in [4.69, 9.17) is 11.6 Å². The van der Waals surface area contributed by atoms with E-state index in [0.717, 1.165) is 10.9 Å². The van der Waals surface area contributed by atoms with E-state index in [1.807, 2.05) is 30.3 Å². The van der Waals surface area contributed by atoms with Crippen molar-refractivity contribution in [2.75, 3.05) is 0 Å². The number of fused-ring (bicyclic) bond motifs is 1. The van der Waals surface area contributed by atoms with Crippen molar-refractivity contribution in [3.63, 3.8) is 0 Å². The van der Waals surface area contributed by atoms with Crippen LogP contribution in [-0.2, 0) is 0 Å². The Morgan fingerprint density at radius 1 is 1.05 bits per heavy atom. The summed E-state index contributed by atoms with van der Waals surface area (Å²) in [5, 5.41) is 18.3. The lowest BCUT2D eigenvalue weighted by atomic mass is 10.1. The summed E-state index contributed by atoms with van der Waals surface area (Å²) in [6.45, 7) is 0. The molecule has 0 unspecified atom stereocenters. The van der Waals surface area contributed by atoms with Crippen LogP contribution in [0.4, 0.5) is 0 Å². The number of aromatic nitrogens is 3. The minimum Gasteiger partial charge on any atom is -0.236 e. The molecule has 5 heteroatoms. The van der Waals surface area contributed by atoms with E-state index in [1.54, 1.807) is 12.1 Å². The Labute approximate surface area is 114 Å². The second kappa shape index (κ2) is 4.63. The molecule has 3 rings (SSSR count). The van der Waals surface area contributed by atoms with Crippen molar-refractivity contribution in [1.29, 1.82) is 5.26 Å². The second-order valence-electron chi connectivity index (χ2n) is 3.93. The molecule has 1 aromatic carbocycles. The molecule has 4 nitrogen and oxygen atoms in total. The molecule has 19 heavy (non-hydrogen) atoms. The Kier molecular flexibility index (Phi) is 2.82. The maximum atomic E-state index is 9.21. The molecule has 0 aliphatic rings. The molecule has 0 fully saturated rings. The predicted molar refractivity (Wildman–Crippen MR) is 72.5 cm³/mol. The predicted octanol–water partition coefficient (Wildman–Crippen LogP) is 3.22. The van der Waals surface area contributed by atoms with Crippen molar-refractivity contribution in [2.24, 2.45) is 0 Å². The van der Waals surface area contributed by atoms with E-state index in [9.17, 15) is 5.26 Å². The van der Waals surface area contributed by atoms with Crippen molar-refractivity contribution in [3.8, 4) is 17.3 Å². The molecule has 0 bridgehead atoms. The lowest BCUT2D eigenvalue weighted by Gasteiger charge is -2.04. The number of para-hydroxylation sites is 1. The molecule has 90 valence electrons. The van der Waals surface area contributed by atoms with Gasteiger partial charge < -0.3 is 0 Å². The van der Waals surface area contributed by atoms with Crippen LogP contribution in [0.1, 0.15) is 5.69 Å². The van der Waals surface area contributed by atoms with Crippen LogP contribution in [0.25, 0.3) is 22.2 Å². The fourth-order valence-corrected chi connectivity index (χ4v) is 1.96. The summed E-state index contributed by atoms with van der Waals surface area (Å²) in [5.41, 5.74) is 2.35. The fraction of sp³-hybridized carbons (Fsp3) is 0. The monoisotopic (exact) mass is 266 g/mol. The van der Waals surface area contributed by atoms with Crippen LogP contribution >= 0.6 is 11.6 Å². The summed E-state index contributed by atoms with van der Waals surface area (Å²) in [6, 6.07) is 15.0. The molecule has 2 heterocycles. The van der Waals surface area contributed by atoms with Gasteiger partial charge in [0.2, 0.25) is 0 Å². The Morgan fingerprint density at radius 3 is 2.63 bits per heavy atom. The molecule has 0 aliphatic heterocycles. The summed E-state index contributed by atoms with van der Waals surface area (Å²) in [5.74, 6) is 0. The summed E-state index contributed by atoms with van der Waals surface area (Å²) >= 11 is 5.71. The quantitative estimate of drug-likeness (QED) is 0.678. The van der Waals surface area contributed by atoms with Gasteiger partial charge in [-0.1, -0.05) is 29.8 Å². The third kappa shape index (κ3) is 2.12. The number of pyridine rings is 1. The van der Waals surface area contributed by atoms with E-state index < -0.39 is 0 Å². The molecule has 0 saturated carbocycles. The normalized spacial score (nSPS) is 10.3. The zero-order valence-corrected chi connectivity index (χ0v) is 10.5. The van der Waals surface area contributed by atoms with Crippen molar-refractivity contribution in [1.82, 2.24) is 15.2 Å². The van der Waals surface area contributed by atoms with E-state index in [0.29, 0.717) is 22.1 Å². The zero-order valence-electron chi connectivity index (χ0n) is 9.71. The highest BCUT2D eigenvalue weighted by atomic mass is 35.5. The first-order valence-electron chi connectivity index (χ1n) is 5.57. The highest BCUT2D eigenvalue weighted by molar-refractivity contribution is 6.29. The van der Waals surface area contributed by atoms with Crippen LogP contribution in [0.5, 0.6) is 0 Å². The van der Waals surface area contributed by atoms with Crippen LogP contribution in [0, 0.1) is 11.3 Å². The molecule has 2 aromatic heterocycles. The SMILES string of the molecule is N#Cc1nc2ccccc2cc1-c1ccc(Cl)nn1. The van der Waals surface area contributed by atoms with Gasteiger partial charge >= 0.3 is 0 Å². The number of benzene rings is 1. The molecule has 3 aromatic rings. The number of halogens is 1. The summed E-state index contributed by atoms with van der Waals surface area (Å²) in [6.07, 6.45) is 0. The van der Waals surface area contributed by atoms with Gasteiger partial charge in [-0.25, -0.2) is 4.98 Å². The first-order chi connectivity index (χ1) is 9.28. The van der Waals surface area contributed by atoms with Gasteiger partial charge in [-0.3, -0.25) is 0 Å². The van der Waals surface area contributed by atoms with Crippen LogP contribution in [0.2, 0.25) is 5.15 Å². The second-order valence-corrected chi connectivity index (χ2v) is 4.32. The Morgan fingerprint density at radius 2 is 1.89 bits per heavy atom. The molecule has 0 aliphatic carbocycles. The summed E-state index contributed by atoms with van der Waals surface area (Å²) in [7, 11) is 0. The minimum absolute atomic E-state index is 0.316. The van der Waals surface area contributed by atoms with Crippen molar-refractivity contribution >= 4 is 22.5 Å². The zero-order chi connectivity index (χ0) is 13.2. The molecular formula is C14H7ClN4.